The summed E-state index contributed by atoms with van der Waals surface area (Å²) < 4.78 is 13.8. The summed E-state index contributed by atoms with van der Waals surface area (Å²) in [6.07, 6.45) is 8.05. The summed E-state index contributed by atoms with van der Waals surface area (Å²) in [7, 11) is 0. The quantitative estimate of drug-likeness (QED) is 0.107. The van der Waals surface area contributed by atoms with E-state index in [1.54, 1.807) is 0 Å². The van der Waals surface area contributed by atoms with Gasteiger partial charge in [0.15, 0.2) is 0 Å². The van der Waals surface area contributed by atoms with E-state index in [4.69, 9.17) is 9.72 Å². The molecule has 374 valence electrons. The van der Waals surface area contributed by atoms with Crippen LogP contribution in [-0.4, -0.2) is 14.1 Å². The molecule has 0 bridgehead atoms. The van der Waals surface area contributed by atoms with Crippen molar-refractivity contribution < 1.29 is 30.4 Å². The van der Waals surface area contributed by atoms with Crippen LogP contribution in [0.2, 0.25) is 0 Å². The minimum absolute atomic E-state index is 0. The van der Waals surface area contributed by atoms with Gasteiger partial charge in [0.05, 0.1) is 11.4 Å². The molecule has 0 saturated carbocycles. The molecule has 72 heavy (non-hydrogen) atoms. The van der Waals surface area contributed by atoms with Crippen LogP contribution in [0.3, 0.4) is 0 Å². The normalized spacial score (nSPS) is 12.9. The molecule has 0 unspecified atom stereocenters. The maximum absolute atomic E-state index is 7.21. The van der Waals surface area contributed by atoms with Crippen LogP contribution in [0, 0.1) is 18.5 Å². The molecule has 6 heteroatoms. The Labute approximate surface area is 444 Å². The first-order valence-corrected chi connectivity index (χ1v) is 25.3. The van der Waals surface area contributed by atoms with Gasteiger partial charge in [0, 0.05) is 55.9 Å². The third kappa shape index (κ3) is 10.0. The second-order valence-electron chi connectivity index (χ2n) is 24.8. The Morgan fingerprint density at radius 3 is 1.64 bits per heavy atom. The number of para-hydroxylation sites is 1. The van der Waals surface area contributed by atoms with E-state index in [2.05, 4.69) is 283 Å². The number of hydrogen-bond donors (Lipinski definition) is 0. The van der Waals surface area contributed by atoms with Crippen LogP contribution in [-0.2, 0) is 53.6 Å². The molecule has 5 nitrogen and oxygen atoms in total. The fourth-order valence-corrected chi connectivity index (χ4v) is 9.86. The number of nitrogens with zero attached hydrogens (tertiary/aromatic N) is 4. The fourth-order valence-electron chi connectivity index (χ4n) is 9.86. The third-order valence-corrected chi connectivity index (χ3v) is 14.6. The molecule has 0 N–H and O–H groups in total. The first-order chi connectivity index (χ1) is 33.2. The molecule has 0 aliphatic heterocycles. The zero-order valence-electron chi connectivity index (χ0n) is 45.4. The van der Waals surface area contributed by atoms with Gasteiger partial charge >= 0.3 is 0 Å². The van der Waals surface area contributed by atoms with E-state index in [1.807, 2.05) is 6.20 Å². The minimum atomic E-state index is -0.395. The van der Waals surface area contributed by atoms with Crippen molar-refractivity contribution in [3.05, 3.63) is 209 Å². The summed E-state index contributed by atoms with van der Waals surface area (Å²) in [4.78, 5) is 5.00. The maximum Gasteiger partial charge on any atom is 0.267 e. The largest absolute Gasteiger partial charge is 0.510 e. The van der Waals surface area contributed by atoms with Crippen molar-refractivity contribution >= 4 is 21.8 Å². The minimum Gasteiger partial charge on any atom is -0.510 e. The number of ether oxygens (including phenoxy) is 1. The number of imidazole rings is 1. The van der Waals surface area contributed by atoms with Crippen molar-refractivity contribution in [1.29, 1.82) is 0 Å². The van der Waals surface area contributed by atoms with Gasteiger partial charge in [-0.1, -0.05) is 207 Å². The molecule has 0 fully saturated rings. The molecule has 0 atom stereocenters. The second-order valence-corrected chi connectivity index (χ2v) is 24.8. The SMILES string of the molecule is CC(C)(C)c1cc(-[n+]2[c-]n(-c3[c-]c(Oc4[c-]c5c(c(C(C)(C)C)c4)c4ccccc4n5-c4cc(C(C)(C)C)ccn4)cc(C(C)(C)c4ccccc4)c3)c(C(C)(C)C)c2)cc(C(C)(C)c2ccccc2)c1.[Pt]. The first-order valence-electron chi connectivity index (χ1n) is 25.3. The van der Waals surface area contributed by atoms with E-state index < -0.39 is 5.41 Å². The van der Waals surface area contributed by atoms with Crippen LogP contribution in [0.15, 0.2) is 146 Å². The molecule has 0 aliphatic rings. The van der Waals surface area contributed by atoms with E-state index in [0.29, 0.717) is 11.5 Å². The van der Waals surface area contributed by atoms with Crippen LogP contribution >= 0.6 is 0 Å². The third-order valence-electron chi connectivity index (χ3n) is 14.6. The topological polar surface area (TPSA) is 35.9 Å². The number of aromatic nitrogens is 4. The molecule has 0 aliphatic carbocycles. The number of rotatable bonds is 9. The molecule has 3 heterocycles. The summed E-state index contributed by atoms with van der Waals surface area (Å²) in [6, 6.07) is 55.9. The van der Waals surface area contributed by atoms with Gasteiger partial charge in [-0.3, -0.25) is 4.57 Å². The van der Waals surface area contributed by atoms with Crippen molar-refractivity contribution in [3.8, 4) is 28.7 Å². The standard InChI is InChI=1S/C66H72N4O.Pt/c1-61(2,3)46-31-32-67-59(38-46)70-56-30-24-23-29-54(56)60-55(63(7,8)9)40-53(41-57(60)70)71-52-37-49(66(15,16)45-27-21-18-22-28-45)36-51(39-52)69-43-68(42-58(69)64(10,11)12)50-34-47(62(4,5)6)33-48(35-50)65(13,14)44-25-19-17-20-26-44;/h17-38,40,42H,1-16H3;/q-2;. The molecule has 9 rings (SSSR count). The summed E-state index contributed by atoms with van der Waals surface area (Å²) in [5.74, 6) is 2.07. The molecule has 6 aromatic carbocycles. The van der Waals surface area contributed by atoms with E-state index in [9.17, 15) is 0 Å². The van der Waals surface area contributed by atoms with Crippen molar-refractivity contribution in [2.24, 2.45) is 0 Å². The monoisotopic (exact) mass is 1130 g/mol. The summed E-state index contributed by atoms with van der Waals surface area (Å²) in [5.41, 5.74) is 12.2. The number of fused-ring (bicyclic) bond motifs is 3. The first kappa shape index (κ1) is 52.3. The number of benzene rings is 6. The Morgan fingerprint density at radius 1 is 0.500 bits per heavy atom. The van der Waals surface area contributed by atoms with Gasteiger partial charge in [0.2, 0.25) is 0 Å². The Balaban J connectivity index is 0.00000693. The van der Waals surface area contributed by atoms with Gasteiger partial charge in [-0.05, 0) is 96.3 Å². The van der Waals surface area contributed by atoms with E-state index in [0.717, 1.165) is 50.3 Å². The van der Waals surface area contributed by atoms with Crippen LogP contribution in [0.25, 0.3) is 39.0 Å². The molecule has 0 amide bonds. The van der Waals surface area contributed by atoms with Gasteiger partial charge in [-0.15, -0.1) is 35.4 Å². The molecular formula is C66H72N4OPt-2. The smallest absolute Gasteiger partial charge is 0.267 e. The molecular weight excluding hydrogens is 1060 g/mol. The van der Waals surface area contributed by atoms with Gasteiger partial charge in [-0.2, -0.15) is 6.07 Å². The maximum atomic E-state index is 7.21. The molecule has 0 saturated heterocycles. The molecule has 9 aromatic rings. The van der Waals surface area contributed by atoms with Crippen molar-refractivity contribution in [2.45, 2.75) is 143 Å². The van der Waals surface area contributed by atoms with Crippen molar-refractivity contribution in [3.63, 3.8) is 0 Å². The van der Waals surface area contributed by atoms with Crippen molar-refractivity contribution in [1.82, 2.24) is 14.1 Å². The Hall–Kier alpha value is -6.03. The number of pyridine rings is 1. The predicted molar refractivity (Wildman–Crippen MR) is 294 cm³/mol. The van der Waals surface area contributed by atoms with Gasteiger partial charge in [0.25, 0.3) is 6.33 Å². The zero-order chi connectivity index (χ0) is 51.1. The fraction of sp³-hybridized carbons (Fsp3) is 0.333. The second kappa shape index (κ2) is 18.8. The van der Waals surface area contributed by atoms with Crippen LogP contribution in [0.5, 0.6) is 11.5 Å². The average molecular weight is 1130 g/mol. The van der Waals surface area contributed by atoms with Crippen molar-refractivity contribution in [2.75, 3.05) is 0 Å². The Morgan fingerprint density at radius 2 is 1.06 bits per heavy atom. The zero-order valence-corrected chi connectivity index (χ0v) is 47.6. The van der Waals surface area contributed by atoms with Gasteiger partial charge in [0.1, 0.15) is 5.82 Å². The summed E-state index contributed by atoms with van der Waals surface area (Å²) in [6.45, 7) is 36.5. The summed E-state index contributed by atoms with van der Waals surface area (Å²) >= 11 is 0. The Kier molecular flexibility index (Phi) is 13.6. The van der Waals surface area contributed by atoms with Gasteiger partial charge in [-0.25, -0.2) is 4.98 Å². The van der Waals surface area contributed by atoms with Crippen LogP contribution in [0.1, 0.15) is 155 Å². The van der Waals surface area contributed by atoms with Gasteiger partial charge < -0.3 is 13.9 Å². The van der Waals surface area contributed by atoms with E-state index >= 15 is 0 Å². The molecule has 0 radical (unpaired) electrons. The van der Waals surface area contributed by atoms with Crippen LogP contribution < -0.4 is 9.30 Å². The molecule has 3 aromatic heterocycles. The summed E-state index contributed by atoms with van der Waals surface area (Å²) in [5, 5.41) is 2.31. The molecule has 0 spiro atoms. The average Bonchev–Trinajstić information content (AvgIpc) is 3.92. The predicted octanol–water partition coefficient (Wildman–Crippen LogP) is 16.3. The van der Waals surface area contributed by atoms with E-state index in [1.165, 1.54) is 33.4 Å². The number of hydrogen-bond acceptors (Lipinski definition) is 2. The van der Waals surface area contributed by atoms with E-state index in [-0.39, 0.29) is 48.1 Å². The van der Waals surface area contributed by atoms with Crippen LogP contribution in [0.4, 0.5) is 0 Å². The Bertz CT molecular complexity index is 3420.